The van der Waals surface area contributed by atoms with Crippen molar-refractivity contribution >= 4 is 23.5 Å². The van der Waals surface area contributed by atoms with E-state index in [-0.39, 0.29) is 24.0 Å². The second kappa shape index (κ2) is 11.6. The van der Waals surface area contributed by atoms with E-state index in [2.05, 4.69) is 10.1 Å². The zero-order chi connectivity index (χ0) is 24.5. The van der Waals surface area contributed by atoms with Crippen molar-refractivity contribution in [2.45, 2.75) is 13.5 Å². The highest BCUT2D eigenvalue weighted by Crippen LogP contribution is 2.28. The fraction of sp³-hybridized carbons (Fsp3) is 0.154. The molecule has 0 bridgehead atoms. The largest absolute Gasteiger partial charge is 0.493 e. The summed E-state index contributed by atoms with van der Waals surface area (Å²) < 4.78 is 39.6. The molecule has 0 heterocycles. The van der Waals surface area contributed by atoms with Crippen LogP contribution in [0, 0.1) is 6.92 Å². The molecule has 0 radical (unpaired) electrons. The molecule has 0 unspecified atom stereocenters. The molecule has 6 nitrogen and oxygen atoms in total. The summed E-state index contributed by atoms with van der Waals surface area (Å²) in [4.78, 5) is 24.5. The van der Waals surface area contributed by atoms with E-state index in [1.165, 1.54) is 37.5 Å². The number of aryl methyl sites for hydroxylation is 1. The summed E-state index contributed by atoms with van der Waals surface area (Å²) in [5.41, 5.74) is 2.75. The van der Waals surface area contributed by atoms with E-state index in [9.17, 15) is 18.4 Å². The van der Waals surface area contributed by atoms with Crippen molar-refractivity contribution < 1.29 is 32.6 Å². The van der Waals surface area contributed by atoms with E-state index in [0.717, 1.165) is 5.56 Å². The van der Waals surface area contributed by atoms with Gasteiger partial charge >= 0.3 is 6.61 Å². The number of nitrogens with one attached hydrogen (secondary N) is 1. The van der Waals surface area contributed by atoms with Gasteiger partial charge in [0.2, 0.25) is 0 Å². The number of halogens is 2. The van der Waals surface area contributed by atoms with Gasteiger partial charge in [-0.05, 0) is 67.1 Å². The molecule has 34 heavy (non-hydrogen) atoms. The topological polar surface area (TPSA) is 73.9 Å². The van der Waals surface area contributed by atoms with Crippen LogP contribution in [0.2, 0.25) is 0 Å². The minimum atomic E-state index is -2.93. The lowest BCUT2D eigenvalue weighted by molar-refractivity contribution is -0.118. The summed E-state index contributed by atoms with van der Waals surface area (Å²) in [7, 11) is 1.47. The lowest BCUT2D eigenvalue weighted by atomic mass is 10.1. The molecule has 8 heteroatoms. The van der Waals surface area contributed by atoms with Crippen LogP contribution < -0.4 is 19.5 Å². The van der Waals surface area contributed by atoms with Crippen molar-refractivity contribution in [3.05, 3.63) is 89.5 Å². The number of amides is 1. The summed E-state index contributed by atoms with van der Waals surface area (Å²) in [6, 6.07) is 17.8. The van der Waals surface area contributed by atoms with E-state index in [1.54, 1.807) is 24.3 Å². The first-order valence-corrected chi connectivity index (χ1v) is 10.3. The Balaban J connectivity index is 1.59. The number of ketones is 1. The number of benzene rings is 3. The predicted molar refractivity (Wildman–Crippen MR) is 125 cm³/mol. The Labute approximate surface area is 195 Å². The Morgan fingerprint density at radius 1 is 0.971 bits per heavy atom. The number of methoxy groups -OCH3 is 1. The quantitative estimate of drug-likeness (QED) is 0.314. The van der Waals surface area contributed by atoms with Gasteiger partial charge in [-0.1, -0.05) is 29.8 Å². The Kier molecular flexibility index (Phi) is 8.34. The molecule has 0 fully saturated rings. The van der Waals surface area contributed by atoms with Crippen LogP contribution >= 0.6 is 0 Å². The van der Waals surface area contributed by atoms with Crippen LogP contribution in [0.1, 0.15) is 21.5 Å². The molecule has 0 spiro atoms. The minimum absolute atomic E-state index is 0.0246. The van der Waals surface area contributed by atoms with E-state index < -0.39 is 6.61 Å². The number of hydrogen-bond acceptors (Lipinski definition) is 5. The molecule has 0 aliphatic heterocycles. The van der Waals surface area contributed by atoms with E-state index >= 15 is 0 Å². The Morgan fingerprint density at radius 2 is 1.68 bits per heavy atom. The molecular weight excluding hydrogens is 444 g/mol. The van der Waals surface area contributed by atoms with Gasteiger partial charge in [0.15, 0.2) is 23.9 Å². The van der Waals surface area contributed by atoms with Gasteiger partial charge in [0.1, 0.15) is 5.75 Å². The summed E-state index contributed by atoms with van der Waals surface area (Å²) in [6.45, 7) is -1.17. The molecule has 3 rings (SSSR count). The molecule has 0 aliphatic rings. The van der Waals surface area contributed by atoms with Crippen LogP contribution in [0.3, 0.4) is 0 Å². The first-order chi connectivity index (χ1) is 16.3. The molecule has 1 amide bonds. The van der Waals surface area contributed by atoms with E-state index in [0.29, 0.717) is 28.3 Å². The summed E-state index contributed by atoms with van der Waals surface area (Å²) in [5, 5.41) is 2.75. The maximum atomic E-state index is 12.3. The van der Waals surface area contributed by atoms with Crippen molar-refractivity contribution in [2.75, 3.05) is 19.0 Å². The maximum Gasteiger partial charge on any atom is 0.387 e. The molecule has 3 aromatic carbocycles. The number of carbonyl (C=O) groups excluding carboxylic acids is 2. The zero-order valence-corrected chi connectivity index (χ0v) is 18.6. The first-order valence-electron chi connectivity index (χ1n) is 10.3. The number of alkyl halides is 2. The molecule has 3 aromatic rings. The van der Waals surface area contributed by atoms with Crippen LogP contribution in [-0.2, 0) is 4.79 Å². The minimum Gasteiger partial charge on any atom is -0.493 e. The van der Waals surface area contributed by atoms with Gasteiger partial charge in [0.25, 0.3) is 5.91 Å². The third-order valence-corrected chi connectivity index (χ3v) is 4.67. The highest BCUT2D eigenvalue weighted by Gasteiger charge is 2.10. The number of ether oxygens (including phenoxy) is 3. The van der Waals surface area contributed by atoms with E-state index in [1.807, 2.05) is 31.2 Å². The smallest absolute Gasteiger partial charge is 0.387 e. The van der Waals surface area contributed by atoms with Gasteiger partial charge in [-0.2, -0.15) is 8.78 Å². The third-order valence-electron chi connectivity index (χ3n) is 4.67. The number of allylic oxidation sites excluding steroid dienone is 1. The Bertz CT molecular complexity index is 1160. The van der Waals surface area contributed by atoms with Gasteiger partial charge in [-0.15, -0.1) is 0 Å². The normalized spacial score (nSPS) is 10.9. The van der Waals surface area contributed by atoms with Crippen LogP contribution in [0.15, 0.2) is 72.8 Å². The highest BCUT2D eigenvalue weighted by atomic mass is 19.3. The second-order valence-corrected chi connectivity index (χ2v) is 7.21. The fourth-order valence-corrected chi connectivity index (χ4v) is 2.95. The van der Waals surface area contributed by atoms with Gasteiger partial charge in [0, 0.05) is 11.3 Å². The summed E-state index contributed by atoms with van der Waals surface area (Å²) >= 11 is 0. The molecule has 1 N–H and O–H groups in total. The van der Waals surface area contributed by atoms with Gasteiger partial charge in [0.05, 0.1) is 7.11 Å². The maximum absolute atomic E-state index is 12.3. The van der Waals surface area contributed by atoms with Crippen molar-refractivity contribution in [2.24, 2.45) is 0 Å². The van der Waals surface area contributed by atoms with E-state index in [4.69, 9.17) is 9.47 Å². The van der Waals surface area contributed by atoms with Crippen molar-refractivity contribution in [1.82, 2.24) is 0 Å². The van der Waals surface area contributed by atoms with Crippen molar-refractivity contribution in [3.8, 4) is 17.2 Å². The Morgan fingerprint density at radius 3 is 2.32 bits per heavy atom. The average Bonchev–Trinajstić information content (AvgIpc) is 2.83. The number of anilines is 1. The third kappa shape index (κ3) is 7.16. The standard InChI is InChI=1S/C26H23F2NO5/c1-17-3-9-20(10-4-17)29-25(31)16-33-23-14-6-18(15-24(23)32-2)5-13-22(30)19-7-11-21(12-8-19)34-26(27)28/h3-15,26H,16H2,1-2H3,(H,29,31)/b13-5+. The first kappa shape index (κ1) is 24.4. The van der Waals surface area contributed by atoms with Gasteiger partial charge < -0.3 is 19.5 Å². The molecule has 0 aromatic heterocycles. The SMILES string of the molecule is COc1cc(/C=C/C(=O)c2ccc(OC(F)F)cc2)ccc1OCC(=O)Nc1ccc(C)cc1. The van der Waals surface area contributed by atoms with Gasteiger partial charge in [-0.3, -0.25) is 9.59 Å². The summed E-state index contributed by atoms with van der Waals surface area (Å²) in [6.07, 6.45) is 2.94. The molecular formula is C26H23F2NO5. The van der Waals surface area contributed by atoms with Crippen LogP contribution in [-0.4, -0.2) is 32.0 Å². The van der Waals surface area contributed by atoms with Crippen LogP contribution in [0.5, 0.6) is 17.2 Å². The molecule has 176 valence electrons. The lowest BCUT2D eigenvalue weighted by Gasteiger charge is -2.11. The highest BCUT2D eigenvalue weighted by molar-refractivity contribution is 6.06. The average molecular weight is 467 g/mol. The molecule has 0 saturated heterocycles. The summed E-state index contributed by atoms with van der Waals surface area (Å²) in [5.74, 6) is 0.121. The fourth-order valence-electron chi connectivity index (χ4n) is 2.95. The van der Waals surface area contributed by atoms with Crippen LogP contribution in [0.4, 0.5) is 14.5 Å². The Hall–Kier alpha value is -4.20. The van der Waals surface area contributed by atoms with Crippen LogP contribution in [0.25, 0.3) is 6.08 Å². The molecule has 0 saturated carbocycles. The second-order valence-electron chi connectivity index (χ2n) is 7.21. The number of carbonyl (C=O) groups is 2. The zero-order valence-electron chi connectivity index (χ0n) is 18.6. The molecule has 0 aliphatic carbocycles. The number of rotatable bonds is 10. The lowest BCUT2D eigenvalue weighted by Crippen LogP contribution is -2.20. The predicted octanol–water partition coefficient (Wildman–Crippen LogP) is 5.52. The van der Waals surface area contributed by atoms with Crippen molar-refractivity contribution in [1.29, 1.82) is 0 Å². The van der Waals surface area contributed by atoms with Gasteiger partial charge in [-0.25, -0.2) is 0 Å². The number of hydrogen-bond donors (Lipinski definition) is 1. The monoisotopic (exact) mass is 467 g/mol. The van der Waals surface area contributed by atoms with Crippen molar-refractivity contribution in [3.63, 3.8) is 0 Å². The molecule has 0 atom stereocenters.